The summed E-state index contributed by atoms with van der Waals surface area (Å²) in [5.74, 6) is 2.09. The highest BCUT2D eigenvalue weighted by Crippen LogP contribution is 2.35. The first-order chi connectivity index (χ1) is 14.2. The lowest BCUT2D eigenvalue weighted by Crippen LogP contribution is -2.00. The van der Waals surface area contributed by atoms with Gasteiger partial charge in [0, 0.05) is 35.5 Å². The van der Waals surface area contributed by atoms with E-state index in [1.165, 1.54) is 0 Å². The Morgan fingerprint density at radius 1 is 1.10 bits per heavy atom. The fourth-order valence-corrected chi connectivity index (χ4v) is 3.67. The van der Waals surface area contributed by atoms with Crippen molar-refractivity contribution in [2.75, 3.05) is 5.32 Å². The normalized spacial score (nSPS) is 11.2. The quantitative estimate of drug-likeness (QED) is 0.371. The molecule has 0 unspecified atom stereocenters. The van der Waals surface area contributed by atoms with Gasteiger partial charge in [-0.1, -0.05) is 17.7 Å². The molecule has 7 heteroatoms. The number of rotatable bonds is 5. The molecule has 3 aromatic heterocycles. The van der Waals surface area contributed by atoms with Crippen LogP contribution in [-0.2, 0) is 6.54 Å². The summed E-state index contributed by atoms with van der Waals surface area (Å²) in [7, 11) is 0. The van der Waals surface area contributed by atoms with Gasteiger partial charge in [0.15, 0.2) is 5.82 Å². The van der Waals surface area contributed by atoms with Gasteiger partial charge in [0.25, 0.3) is 0 Å². The van der Waals surface area contributed by atoms with Crippen LogP contribution in [0.3, 0.4) is 0 Å². The number of hydrogen-bond donors (Lipinski definition) is 2. The minimum atomic E-state index is 0.513. The van der Waals surface area contributed by atoms with E-state index in [9.17, 15) is 0 Å². The number of nitrogens with zero attached hydrogens (tertiary/aromatic N) is 3. The van der Waals surface area contributed by atoms with Crippen molar-refractivity contribution in [1.29, 1.82) is 0 Å². The van der Waals surface area contributed by atoms with Gasteiger partial charge in [-0.3, -0.25) is 0 Å². The molecular formula is C22H18ClN5O. The van der Waals surface area contributed by atoms with Crippen molar-refractivity contribution >= 4 is 45.0 Å². The predicted molar refractivity (Wildman–Crippen MR) is 116 cm³/mol. The molecular weight excluding hydrogens is 386 g/mol. The Morgan fingerprint density at radius 2 is 2.03 bits per heavy atom. The van der Waals surface area contributed by atoms with Gasteiger partial charge >= 0.3 is 0 Å². The molecule has 144 valence electrons. The highest BCUT2D eigenvalue weighted by atomic mass is 35.5. The molecule has 0 aliphatic heterocycles. The van der Waals surface area contributed by atoms with Gasteiger partial charge in [-0.25, -0.2) is 9.97 Å². The number of benzene rings is 2. The summed E-state index contributed by atoms with van der Waals surface area (Å²) in [4.78, 5) is 11.9. The zero-order chi connectivity index (χ0) is 19.8. The van der Waals surface area contributed by atoms with Crippen molar-refractivity contribution < 1.29 is 4.74 Å². The molecule has 5 rings (SSSR count). The maximum atomic E-state index is 6.52. The Labute approximate surface area is 172 Å². The van der Waals surface area contributed by atoms with Gasteiger partial charge in [0.05, 0.1) is 10.5 Å². The highest BCUT2D eigenvalue weighted by molar-refractivity contribution is 6.32. The molecule has 29 heavy (non-hydrogen) atoms. The summed E-state index contributed by atoms with van der Waals surface area (Å²) in [5.41, 5.74) is 3.70. The minimum Gasteiger partial charge on any atom is -0.455 e. The molecule has 0 saturated heterocycles. The first-order valence-corrected chi connectivity index (χ1v) is 9.71. The van der Waals surface area contributed by atoms with Gasteiger partial charge in [-0.2, -0.15) is 0 Å². The van der Waals surface area contributed by atoms with Gasteiger partial charge in [0.2, 0.25) is 0 Å². The van der Waals surface area contributed by atoms with E-state index in [0.29, 0.717) is 10.8 Å². The van der Waals surface area contributed by atoms with E-state index in [1.807, 2.05) is 60.9 Å². The highest BCUT2D eigenvalue weighted by Gasteiger charge is 2.11. The Bertz CT molecular complexity index is 1320. The number of halogens is 1. The lowest BCUT2D eigenvalue weighted by Gasteiger charge is -2.12. The van der Waals surface area contributed by atoms with E-state index in [0.717, 1.165) is 45.7 Å². The number of aromatic nitrogens is 4. The topological polar surface area (TPSA) is 67.8 Å². The summed E-state index contributed by atoms with van der Waals surface area (Å²) in [6.07, 6.45) is 5.46. The van der Waals surface area contributed by atoms with Crippen LogP contribution >= 0.6 is 11.6 Å². The molecule has 3 heterocycles. The van der Waals surface area contributed by atoms with Crippen LogP contribution in [0, 0.1) is 0 Å². The molecule has 0 aliphatic carbocycles. The van der Waals surface area contributed by atoms with Crippen molar-refractivity contribution in [3.05, 3.63) is 72.3 Å². The average molecular weight is 404 g/mol. The van der Waals surface area contributed by atoms with Crippen molar-refractivity contribution in [2.45, 2.75) is 13.5 Å². The Morgan fingerprint density at radius 3 is 2.90 bits per heavy atom. The van der Waals surface area contributed by atoms with Crippen LogP contribution in [0.1, 0.15) is 6.92 Å². The molecule has 0 bridgehead atoms. The predicted octanol–water partition coefficient (Wildman–Crippen LogP) is 6.12. The third-order valence-corrected chi connectivity index (χ3v) is 5.16. The summed E-state index contributed by atoms with van der Waals surface area (Å²) >= 11 is 6.52. The van der Waals surface area contributed by atoms with Gasteiger partial charge < -0.3 is 19.6 Å². The summed E-state index contributed by atoms with van der Waals surface area (Å²) in [6, 6.07) is 15.5. The molecule has 0 saturated carbocycles. The minimum absolute atomic E-state index is 0.513. The molecule has 6 nitrogen and oxygen atoms in total. The van der Waals surface area contributed by atoms with Crippen LogP contribution in [0.5, 0.6) is 11.5 Å². The monoisotopic (exact) mass is 403 g/mol. The zero-order valence-electron chi connectivity index (χ0n) is 15.7. The van der Waals surface area contributed by atoms with Gasteiger partial charge in [-0.15, -0.1) is 0 Å². The van der Waals surface area contributed by atoms with Crippen LogP contribution in [0.25, 0.3) is 21.9 Å². The molecule has 0 amide bonds. The van der Waals surface area contributed by atoms with Crippen LogP contribution in [0.15, 0.2) is 67.3 Å². The van der Waals surface area contributed by atoms with Crippen molar-refractivity contribution in [3.8, 4) is 11.5 Å². The summed E-state index contributed by atoms with van der Waals surface area (Å²) < 4.78 is 8.18. The average Bonchev–Trinajstić information content (AvgIpc) is 3.37. The second-order valence-electron chi connectivity index (χ2n) is 6.63. The molecule has 0 radical (unpaired) electrons. The molecule has 0 spiro atoms. The molecule has 2 aromatic carbocycles. The second-order valence-corrected chi connectivity index (χ2v) is 7.03. The van der Waals surface area contributed by atoms with Gasteiger partial charge in [0.1, 0.15) is 23.3 Å². The zero-order valence-corrected chi connectivity index (χ0v) is 16.4. The van der Waals surface area contributed by atoms with E-state index in [1.54, 1.807) is 6.33 Å². The number of aromatic amines is 1. The van der Waals surface area contributed by atoms with E-state index in [4.69, 9.17) is 16.3 Å². The van der Waals surface area contributed by atoms with Crippen molar-refractivity contribution in [1.82, 2.24) is 19.5 Å². The number of ether oxygens (including phenoxy) is 1. The molecule has 0 aliphatic rings. The van der Waals surface area contributed by atoms with Crippen LogP contribution < -0.4 is 10.1 Å². The fraction of sp³-hybridized carbons (Fsp3) is 0.0909. The third-order valence-electron chi connectivity index (χ3n) is 4.86. The number of H-pyrrole nitrogens is 1. The Kier molecular flexibility index (Phi) is 4.33. The molecule has 0 atom stereocenters. The fourth-order valence-electron chi connectivity index (χ4n) is 3.45. The molecule has 0 fully saturated rings. The lowest BCUT2D eigenvalue weighted by atomic mass is 10.2. The van der Waals surface area contributed by atoms with Crippen LogP contribution in [0.2, 0.25) is 5.02 Å². The van der Waals surface area contributed by atoms with Crippen LogP contribution in [0.4, 0.5) is 11.5 Å². The lowest BCUT2D eigenvalue weighted by molar-refractivity contribution is 0.489. The largest absolute Gasteiger partial charge is 0.455 e. The van der Waals surface area contributed by atoms with E-state index in [-0.39, 0.29) is 0 Å². The Hall–Kier alpha value is -3.51. The third kappa shape index (κ3) is 3.17. The maximum Gasteiger partial charge on any atom is 0.158 e. The maximum absolute atomic E-state index is 6.52. The van der Waals surface area contributed by atoms with Crippen molar-refractivity contribution in [3.63, 3.8) is 0 Å². The van der Waals surface area contributed by atoms with E-state index >= 15 is 0 Å². The number of aryl methyl sites for hydroxylation is 1. The first-order valence-electron chi connectivity index (χ1n) is 9.33. The summed E-state index contributed by atoms with van der Waals surface area (Å²) in [5, 5.41) is 4.87. The number of hydrogen-bond acceptors (Lipinski definition) is 4. The standard InChI is InChI=1S/C22H18ClN5O/c1-2-28-11-9-18-21(28)22(26-13-25-18)27-14-6-7-20(16(23)12-14)29-19-5-3-4-17-15(19)8-10-24-17/h3-13,24H,2H2,1H3,(H,25,26,27). The molecule has 2 N–H and O–H groups in total. The van der Waals surface area contributed by atoms with Gasteiger partial charge in [-0.05, 0) is 49.4 Å². The Balaban J connectivity index is 1.45. The van der Waals surface area contributed by atoms with E-state index in [2.05, 4.69) is 31.8 Å². The number of anilines is 2. The number of nitrogens with one attached hydrogen (secondary N) is 2. The second kappa shape index (κ2) is 7.14. The number of fused-ring (bicyclic) bond motifs is 2. The first kappa shape index (κ1) is 17.6. The van der Waals surface area contributed by atoms with Crippen LogP contribution in [-0.4, -0.2) is 19.5 Å². The van der Waals surface area contributed by atoms with Crippen molar-refractivity contribution in [2.24, 2.45) is 0 Å². The smallest absolute Gasteiger partial charge is 0.158 e. The van der Waals surface area contributed by atoms with E-state index < -0.39 is 0 Å². The SMILES string of the molecule is CCn1ccc2ncnc(Nc3ccc(Oc4cccc5[nH]ccc45)c(Cl)c3)c21. The molecule has 5 aromatic rings. The summed E-state index contributed by atoms with van der Waals surface area (Å²) in [6.45, 7) is 2.92.